The molecule has 2 atom stereocenters. The molecule has 0 aliphatic carbocycles. The minimum Gasteiger partial charge on any atom is -0.394 e. The van der Waals surface area contributed by atoms with E-state index < -0.39 is 12.1 Å². The summed E-state index contributed by atoms with van der Waals surface area (Å²) in [7, 11) is 0. The standard InChI is InChI=1S/C76H129NO3/c1-3-5-7-9-11-13-15-17-19-21-23-25-27-29-31-32-33-34-35-36-37-38-39-40-41-42-43-44-46-48-50-52-54-56-58-60-62-64-66-68-70-72-76(80)77-74(73-78)75(79)71-69-67-65-63-61-59-57-55-53-51-49-47-45-30-28-26-24-22-20-18-16-14-12-10-8-6-4-2/h5,7,11,13,17,19,23,25,29,31,33-34,36-37,39-40,42-43,46,48,52,54,58,60,74-75,78-79H,3-4,6,8-10,12,14-16,18,20-22,24,26-28,30,32,35,38,41,44-45,47,49-51,53,55-57,59,61-73H2,1-2H3,(H,77,80)/b7-5-,13-11-,19-17-,25-23-,31-29-,34-33-,37-36-,40-39-,43-42-,48-46-,54-52-,60-58-. The molecular weight excluding hydrogens is 975 g/mol. The Morgan fingerprint density at radius 3 is 0.825 bits per heavy atom. The molecule has 0 heterocycles. The molecule has 0 rings (SSSR count). The molecule has 0 aliphatic heterocycles. The summed E-state index contributed by atoms with van der Waals surface area (Å²) < 4.78 is 0. The van der Waals surface area contributed by atoms with E-state index in [4.69, 9.17) is 0 Å². The van der Waals surface area contributed by atoms with Crippen molar-refractivity contribution in [1.29, 1.82) is 0 Å². The van der Waals surface area contributed by atoms with E-state index in [0.717, 1.165) is 122 Å². The summed E-state index contributed by atoms with van der Waals surface area (Å²) in [5.74, 6) is -0.0578. The largest absolute Gasteiger partial charge is 0.394 e. The first-order valence-electron chi connectivity index (χ1n) is 34.0. The van der Waals surface area contributed by atoms with Crippen LogP contribution in [0.15, 0.2) is 146 Å². The van der Waals surface area contributed by atoms with Crippen molar-refractivity contribution >= 4 is 5.91 Å². The number of unbranched alkanes of at least 4 members (excludes halogenated alkanes) is 30. The van der Waals surface area contributed by atoms with Crippen LogP contribution in [-0.4, -0.2) is 34.9 Å². The van der Waals surface area contributed by atoms with E-state index in [1.54, 1.807) is 0 Å². The molecule has 0 aliphatic rings. The second-order valence-electron chi connectivity index (χ2n) is 22.5. The molecule has 0 bridgehead atoms. The smallest absolute Gasteiger partial charge is 0.220 e. The number of carbonyl (C=O) groups excluding carboxylic acids is 1. The molecule has 0 saturated carbocycles. The average molecular weight is 1100 g/mol. The SMILES string of the molecule is CC/C=C\C/C=C\C/C=C\C/C=C\C/C=C\C/C=C\C/C=C\C/C=C\C/C=C\C/C=C\C/C=C\C/C=C\CCCCCCC(=O)NC(CO)C(O)CCCCCCCCCCCCCCCCCCCCCCCCCCCCC. The molecule has 0 radical (unpaired) electrons. The molecule has 3 N–H and O–H groups in total. The maximum absolute atomic E-state index is 12.5. The van der Waals surface area contributed by atoms with Gasteiger partial charge in [-0.15, -0.1) is 0 Å². The Balaban J connectivity index is 3.61. The zero-order valence-electron chi connectivity index (χ0n) is 52.5. The molecule has 0 aromatic rings. The number of hydrogen-bond donors (Lipinski definition) is 3. The topological polar surface area (TPSA) is 69.6 Å². The van der Waals surface area contributed by atoms with E-state index in [0.29, 0.717) is 12.8 Å². The van der Waals surface area contributed by atoms with Crippen molar-refractivity contribution in [2.24, 2.45) is 0 Å². The van der Waals surface area contributed by atoms with E-state index in [1.165, 1.54) is 161 Å². The Kier molecular flexibility index (Phi) is 66.3. The van der Waals surface area contributed by atoms with Gasteiger partial charge in [-0.3, -0.25) is 4.79 Å². The summed E-state index contributed by atoms with van der Waals surface area (Å²) in [4.78, 5) is 12.5. The molecule has 0 aromatic heterocycles. The molecule has 1 amide bonds. The van der Waals surface area contributed by atoms with Crippen molar-refractivity contribution in [3.8, 4) is 0 Å². The first-order valence-corrected chi connectivity index (χ1v) is 34.0. The Labute approximate surface area is 497 Å². The normalized spacial score (nSPS) is 13.7. The van der Waals surface area contributed by atoms with E-state index >= 15 is 0 Å². The summed E-state index contributed by atoms with van der Waals surface area (Å²) >= 11 is 0. The molecule has 0 spiro atoms. The van der Waals surface area contributed by atoms with Gasteiger partial charge in [0.1, 0.15) is 0 Å². The predicted octanol–water partition coefficient (Wildman–Crippen LogP) is 23.5. The first kappa shape index (κ1) is 76.3. The van der Waals surface area contributed by atoms with E-state index in [1.807, 2.05) is 0 Å². The Hall–Kier alpha value is -3.73. The number of nitrogens with one attached hydrogen (secondary N) is 1. The van der Waals surface area contributed by atoms with E-state index in [9.17, 15) is 15.0 Å². The maximum Gasteiger partial charge on any atom is 0.220 e. The number of amides is 1. The second kappa shape index (κ2) is 69.5. The van der Waals surface area contributed by atoms with Gasteiger partial charge < -0.3 is 15.5 Å². The van der Waals surface area contributed by atoms with Crippen LogP contribution >= 0.6 is 0 Å². The van der Waals surface area contributed by atoms with Crippen LogP contribution in [0.25, 0.3) is 0 Å². The molecule has 4 heteroatoms. The molecule has 0 aromatic carbocycles. The summed E-state index contributed by atoms with van der Waals surface area (Å²) in [6.07, 6.45) is 109. The second-order valence-corrected chi connectivity index (χ2v) is 22.5. The summed E-state index contributed by atoms with van der Waals surface area (Å²) in [6.45, 7) is 4.25. The predicted molar refractivity (Wildman–Crippen MR) is 358 cm³/mol. The lowest BCUT2D eigenvalue weighted by Crippen LogP contribution is -2.45. The maximum atomic E-state index is 12.5. The summed E-state index contributed by atoms with van der Waals surface area (Å²) in [5.41, 5.74) is 0. The highest BCUT2D eigenvalue weighted by molar-refractivity contribution is 5.76. The highest BCUT2D eigenvalue weighted by Gasteiger charge is 2.20. The number of allylic oxidation sites excluding steroid dienone is 24. The average Bonchev–Trinajstić information content (AvgIpc) is 3.46. The van der Waals surface area contributed by atoms with Crippen molar-refractivity contribution in [2.75, 3.05) is 6.61 Å². The Bertz CT molecular complexity index is 1630. The van der Waals surface area contributed by atoms with Crippen molar-refractivity contribution in [2.45, 2.75) is 321 Å². The van der Waals surface area contributed by atoms with Gasteiger partial charge in [-0.05, 0) is 103 Å². The van der Waals surface area contributed by atoms with Gasteiger partial charge in [0.2, 0.25) is 5.91 Å². The first-order chi connectivity index (χ1) is 39.7. The third-order valence-corrected chi connectivity index (χ3v) is 14.9. The molecule has 0 fully saturated rings. The molecule has 0 saturated heterocycles. The zero-order valence-corrected chi connectivity index (χ0v) is 52.5. The van der Waals surface area contributed by atoms with Gasteiger partial charge in [-0.1, -0.05) is 346 Å². The highest BCUT2D eigenvalue weighted by atomic mass is 16.3. The highest BCUT2D eigenvalue weighted by Crippen LogP contribution is 2.17. The number of aliphatic hydroxyl groups is 2. The van der Waals surface area contributed by atoms with E-state index in [2.05, 4.69) is 165 Å². The van der Waals surface area contributed by atoms with Crippen LogP contribution in [0, 0.1) is 0 Å². The van der Waals surface area contributed by atoms with Gasteiger partial charge >= 0.3 is 0 Å². The van der Waals surface area contributed by atoms with Crippen LogP contribution in [0.4, 0.5) is 0 Å². The molecule has 80 heavy (non-hydrogen) atoms. The minimum absolute atomic E-state index is 0.0578. The van der Waals surface area contributed by atoms with Crippen molar-refractivity contribution in [3.05, 3.63) is 146 Å². The molecular formula is C76H129NO3. The lowest BCUT2D eigenvalue weighted by Gasteiger charge is -2.22. The quantitative estimate of drug-likeness (QED) is 0.0420. The monoisotopic (exact) mass is 1100 g/mol. The van der Waals surface area contributed by atoms with Crippen LogP contribution in [0.5, 0.6) is 0 Å². The lowest BCUT2D eigenvalue weighted by molar-refractivity contribution is -0.123. The van der Waals surface area contributed by atoms with Gasteiger partial charge in [0, 0.05) is 6.42 Å². The van der Waals surface area contributed by atoms with Gasteiger partial charge in [-0.25, -0.2) is 0 Å². The zero-order chi connectivity index (χ0) is 57.6. The number of carbonyl (C=O) groups is 1. The van der Waals surface area contributed by atoms with E-state index in [-0.39, 0.29) is 12.5 Å². The van der Waals surface area contributed by atoms with Gasteiger partial charge in [0.15, 0.2) is 0 Å². The van der Waals surface area contributed by atoms with Crippen LogP contribution in [0.1, 0.15) is 309 Å². The Morgan fingerprint density at radius 2 is 0.550 bits per heavy atom. The van der Waals surface area contributed by atoms with Crippen molar-refractivity contribution in [1.82, 2.24) is 5.32 Å². The third kappa shape index (κ3) is 65.1. The van der Waals surface area contributed by atoms with Crippen LogP contribution in [0.2, 0.25) is 0 Å². The van der Waals surface area contributed by atoms with Crippen LogP contribution < -0.4 is 5.32 Å². The van der Waals surface area contributed by atoms with Gasteiger partial charge in [-0.2, -0.15) is 0 Å². The number of hydrogen-bond acceptors (Lipinski definition) is 3. The van der Waals surface area contributed by atoms with Gasteiger partial charge in [0.05, 0.1) is 18.8 Å². The minimum atomic E-state index is -0.683. The summed E-state index contributed by atoms with van der Waals surface area (Å²) in [5, 5.41) is 23.4. The molecule has 4 nitrogen and oxygen atoms in total. The number of aliphatic hydroxyl groups excluding tert-OH is 2. The fourth-order valence-electron chi connectivity index (χ4n) is 9.76. The fraction of sp³-hybridized carbons (Fsp3) is 0.671. The number of rotatable bonds is 61. The van der Waals surface area contributed by atoms with Crippen LogP contribution in [-0.2, 0) is 4.79 Å². The Morgan fingerprint density at radius 1 is 0.312 bits per heavy atom. The van der Waals surface area contributed by atoms with Crippen LogP contribution in [0.3, 0.4) is 0 Å². The molecule has 2 unspecified atom stereocenters. The lowest BCUT2D eigenvalue weighted by atomic mass is 10.0. The van der Waals surface area contributed by atoms with Gasteiger partial charge in [0.25, 0.3) is 0 Å². The fourth-order valence-corrected chi connectivity index (χ4v) is 9.76. The molecule has 456 valence electrons. The van der Waals surface area contributed by atoms with Crippen molar-refractivity contribution < 1.29 is 15.0 Å². The third-order valence-electron chi connectivity index (χ3n) is 14.9. The van der Waals surface area contributed by atoms with Crippen molar-refractivity contribution in [3.63, 3.8) is 0 Å². The summed E-state index contributed by atoms with van der Waals surface area (Å²) in [6, 6.07) is -0.563.